The van der Waals surface area contributed by atoms with Gasteiger partial charge in [0.1, 0.15) is 11.6 Å². The molecule has 3 nitrogen and oxygen atoms in total. The van der Waals surface area contributed by atoms with Crippen LogP contribution in [0.25, 0.3) is 10.8 Å². The first-order valence-corrected chi connectivity index (χ1v) is 4.63. The van der Waals surface area contributed by atoms with Crippen molar-refractivity contribution in [3.8, 4) is 5.75 Å². The molecule has 2 aromatic rings. The van der Waals surface area contributed by atoms with Crippen molar-refractivity contribution in [2.45, 2.75) is 0 Å². The first kappa shape index (κ1) is 10.4. The van der Waals surface area contributed by atoms with Crippen LogP contribution in [-0.4, -0.2) is 18.2 Å². The first-order valence-electron chi connectivity index (χ1n) is 4.63. The summed E-state index contributed by atoms with van der Waals surface area (Å²) in [6, 6.07) is 6.64. The number of fused-ring (bicyclic) bond motifs is 1. The lowest BCUT2D eigenvalue weighted by atomic mass is 10.0. The summed E-state index contributed by atoms with van der Waals surface area (Å²) in [7, 11) is 1.27. The fraction of sp³-hybridized carbons (Fsp3) is 0.0833. The normalized spacial score (nSPS) is 10.4. The van der Waals surface area contributed by atoms with Crippen LogP contribution in [-0.2, 0) is 4.74 Å². The minimum atomic E-state index is -0.517. The van der Waals surface area contributed by atoms with Gasteiger partial charge in [-0.05, 0) is 24.3 Å². The molecule has 0 spiro atoms. The molecule has 0 saturated heterocycles. The number of halogens is 1. The Morgan fingerprint density at radius 1 is 1.25 bits per heavy atom. The maximum absolute atomic E-state index is 13.0. The van der Waals surface area contributed by atoms with Gasteiger partial charge in [-0.25, -0.2) is 9.18 Å². The Hall–Kier alpha value is -2.10. The number of rotatable bonds is 1. The summed E-state index contributed by atoms with van der Waals surface area (Å²) in [6.07, 6.45) is 0. The summed E-state index contributed by atoms with van der Waals surface area (Å²) in [5.74, 6) is -1.05. The molecule has 2 aromatic carbocycles. The van der Waals surface area contributed by atoms with Gasteiger partial charge < -0.3 is 9.84 Å². The molecule has 2 rings (SSSR count). The van der Waals surface area contributed by atoms with Crippen LogP contribution in [0.4, 0.5) is 4.39 Å². The van der Waals surface area contributed by atoms with E-state index in [1.165, 1.54) is 37.4 Å². The highest BCUT2D eigenvalue weighted by atomic mass is 19.1. The van der Waals surface area contributed by atoms with Crippen molar-refractivity contribution in [2.24, 2.45) is 0 Å². The van der Waals surface area contributed by atoms with Crippen LogP contribution in [0.15, 0.2) is 30.3 Å². The van der Waals surface area contributed by atoms with Gasteiger partial charge in [-0.3, -0.25) is 0 Å². The predicted octanol–water partition coefficient (Wildman–Crippen LogP) is 2.47. The topological polar surface area (TPSA) is 46.5 Å². The summed E-state index contributed by atoms with van der Waals surface area (Å²) < 4.78 is 17.6. The molecule has 0 bridgehead atoms. The minimum Gasteiger partial charge on any atom is -0.507 e. The quantitative estimate of drug-likeness (QED) is 0.751. The van der Waals surface area contributed by atoms with Crippen molar-refractivity contribution in [2.75, 3.05) is 7.11 Å². The Morgan fingerprint density at radius 2 is 2.00 bits per heavy atom. The maximum atomic E-state index is 13.0. The highest BCUT2D eigenvalue weighted by Crippen LogP contribution is 2.28. The zero-order valence-corrected chi connectivity index (χ0v) is 8.53. The Bertz CT molecular complexity index is 563. The maximum Gasteiger partial charge on any atom is 0.338 e. The number of hydrogen-bond donors (Lipinski definition) is 1. The second-order valence-corrected chi connectivity index (χ2v) is 3.31. The number of carbonyl (C=O) groups excluding carboxylic acids is 1. The molecular weight excluding hydrogens is 211 g/mol. The summed E-state index contributed by atoms with van der Waals surface area (Å²) in [5, 5.41) is 10.3. The average molecular weight is 220 g/mol. The second-order valence-electron chi connectivity index (χ2n) is 3.31. The second kappa shape index (κ2) is 3.81. The molecule has 0 unspecified atom stereocenters. The lowest BCUT2D eigenvalue weighted by molar-refractivity contribution is 0.0603. The van der Waals surface area contributed by atoms with Crippen molar-refractivity contribution in [1.82, 2.24) is 0 Å². The molecule has 16 heavy (non-hydrogen) atoms. The van der Waals surface area contributed by atoms with E-state index in [-0.39, 0.29) is 5.75 Å². The van der Waals surface area contributed by atoms with Gasteiger partial charge in [0.2, 0.25) is 0 Å². The molecule has 0 aliphatic heterocycles. The smallest absolute Gasteiger partial charge is 0.338 e. The molecular formula is C12H9FO3. The molecule has 1 N–H and O–H groups in total. The van der Waals surface area contributed by atoms with Crippen LogP contribution in [0.5, 0.6) is 5.75 Å². The number of ether oxygens (including phenoxy) is 1. The lowest BCUT2D eigenvalue weighted by Crippen LogP contribution is -2.01. The molecule has 4 heteroatoms. The molecule has 0 amide bonds. The Kier molecular flexibility index (Phi) is 2.48. The molecule has 0 aliphatic rings. The fourth-order valence-corrected chi connectivity index (χ4v) is 1.59. The van der Waals surface area contributed by atoms with Gasteiger partial charge in [0.05, 0.1) is 12.7 Å². The van der Waals surface area contributed by atoms with E-state index in [2.05, 4.69) is 4.74 Å². The number of esters is 1. The van der Waals surface area contributed by atoms with Crippen LogP contribution in [0, 0.1) is 5.82 Å². The Balaban J connectivity index is 2.79. The summed E-state index contributed by atoms with van der Waals surface area (Å²) in [5.41, 5.74) is 0.301. The number of phenols is 1. The summed E-state index contributed by atoms with van der Waals surface area (Å²) >= 11 is 0. The number of aromatic hydroxyl groups is 1. The number of methoxy groups -OCH3 is 1. The Labute approximate surface area is 91.1 Å². The predicted molar refractivity (Wildman–Crippen MR) is 56.9 cm³/mol. The van der Waals surface area contributed by atoms with Crippen LogP contribution in [0.3, 0.4) is 0 Å². The first-order chi connectivity index (χ1) is 7.63. The molecule has 0 aromatic heterocycles. The lowest BCUT2D eigenvalue weighted by Gasteiger charge is -2.06. The molecule has 0 fully saturated rings. The molecule has 0 radical (unpaired) electrons. The number of hydrogen-bond acceptors (Lipinski definition) is 3. The van der Waals surface area contributed by atoms with Gasteiger partial charge in [-0.2, -0.15) is 0 Å². The molecule has 0 saturated carbocycles. The van der Waals surface area contributed by atoms with Crippen LogP contribution in [0.1, 0.15) is 10.4 Å². The van der Waals surface area contributed by atoms with Gasteiger partial charge in [0.15, 0.2) is 0 Å². The van der Waals surface area contributed by atoms with E-state index in [9.17, 15) is 14.3 Å². The van der Waals surface area contributed by atoms with E-state index in [0.29, 0.717) is 16.3 Å². The van der Waals surface area contributed by atoms with Gasteiger partial charge in [-0.1, -0.05) is 6.07 Å². The van der Waals surface area contributed by atoms with Crippen molar-refractivity contribution in [3.63, 3.8) is 0 Å². The highest BCUT2D eigenvalue weighted by Gasteiger charge is 2.12. The van der Waals surface area contributed by atoms with E-state index in [1.807, 2.05) is 0 Å². The number of phenolic OH excluding ortho intramolecular Hbond substituents is 1. The average Bonchev–Trinajstić information content (AvgIpc) is 2.29. The van der Waals surface area contributed by atoms with Crippen molar-refractivity contribution < 1.29 is 19.0 Å². The van der Waals surface area contributed by atoms with E-state index >= 15 is 0 Å². The van der Waals surface area contributed by atoms with E-state index in [4.69, 9.17) is 0 Å². The van der Waals surface area contributed by atoms with E-state index in [0.717, 1.165) is 0 Å². The van der Waals surface area contributed by atoms with E-state index in [1.54, 1.807) is 0 Å². The van der Waals surface area contributed by atoms with Gasteiger partial charge in [0.25, 0.3) is 0 Å². The molecule has 82 valence electrons. The Morgan fingerprint density at radius 3 is 2.69 bits per heavy atom. The minimum absolute atomic E-state index is 0.0675. The molecule has 0 atom stereocenters. The third-order valence-corrected chi connectivity index (χ3v) is 2.36. The van der Waals surface area contributed by atoms with Gasteiger partial charge in [0, 0.05) is 10.8 Å². The van der Waals surface area contributed by atoms with Crippen molar-refractivity contribution >= 4 is 16.7 Å². The zero-order valence-electron chi connectivity index (χ0n) is 8.53. The SMILES string of the molecule is COC(=O)c1ccc(O)c2cc(F)ccc12. The van der Waals surface area contributed by atoms with Crippen LogP contribution < -0.4 is 0 Å². The monoisotopic (exact) mass is 220 g/mol. The van der Waals surface area contributed by atoms with Crippen molar-refractivity contribution in [3.05, 3.63) is 41.7 Å². The summed E-state index contributed by atoms with van der Waals surface area (Å²) in [4.78, 5) is 11.4. The largest absolute Gasteiger partial charge is 0.507 e. The third-order valence-electron chi connectivity index (χ3n) is 2.36. The van der Waals surface area contributed by atoms with Crippen LogP contribution >= 0.6 is 0 Å². The van der Waals surface area contributed by atoms with Gasteiger partial charge in [-0.15, -0.1) is 0 Å². The standard InChI is InChI=1S/C12H9FO3/c1-16-12(15)9-4-5-11(14)10-6-7(13)2-3-8(9)10/h2-6,14H,1H3. The van der Waals surface area contributed by atoms with Gasteiger partial charge >= 0.3 is 5.97 Å². The highest BCUT2D eigenvalue weighted by molar-refractivity contribution is 6.06. The van der Waals surface area contributed by atoms with Crippen LogP contribution in [0.2, 0.25) is 0 Å². The number of benzene rings is 2. The molecule has 0 heterocycles. The van der Waals surface area contributed by atoms with Crippen molar-refractivity contribution in [1.29, 1.82) is 0 Å². The summed E-state index contributed by atoms with van der Waals surface area (Å²) in [6.45, 7) is 0. The number of carbonyl (C=O) groups is 1. The fourth-order valence-electron chi connectivity index (χ4n) is 1.59. The zero-order chi connectivity index (χ0) is 11.7. The van der Waals surface area contributed by atoms with E-state index < -0.39 is 11.8 Å². The third kappa shape index (κ3) is 1.58. The molecule has 0 aliphatic carbocycles.